The van der Waals surface area contributed by atoms with Crippen LogP contribution < -0.4 is 19.7 Å². The van der Waals surface area contributed by atoms with E-state index in [9.17, 15) is 9.18 Å². The number of anilines is 1. The summed E-state index contributed by atoms with van der Waals surface area (Å²) in [5.41, 5.74) is 1.67. The van der Waals surface area contributed by atoms with Crippen LogP contribution in [0.4, 0.5) is 10.2 Å². The Morgan fingerprint density at radius 2 is 2.18 bits per heavy atom. The number of benzene rings is 1. The van der Waals surface area contributed by atoms with E-state index in [0.29, 0.717) is 41.7 Å². The average molecular weight is 383 g/mol. The molecular weight excluding hydrogens is 365 g/mol. The first-order chi connectivity index (χ1) is 13.6. The van der Waals surface area contributed by atoms with Gasteiger partial charge in [-0.3, -0.25) is 4.79 Å². The van der Waals surface area contributed by atoms with E-state index >= 15 is 0 Å². The standard InChI is InChI=1S/C19H18FN5O3/c1-11-10-28-16-9-25-17-14(7-22-25)19(26)21-4-5-27-15-6-13(20)3-2-12(15)8-24(11)18(16)23-17/h2-3,6-7,9,11H,4-5,8,10H2,1H3,(H,21,26)/t11-/m0/s1. The molecule has 2 aromatic heterocycles. The first-order valence-electron chi connectivity index (χ1n) is 9.07. The first kappa shape index (κ1) is 16.8. The van der Waals surface area contributed by atoms with E-state index in [4.69, 9.17) is 14.5 Å². The van der Waals surface area contributed by atoms with Crippen LogP contribution in [0.25, 0.3) is 5.65 Å². The van der Waals surface area contributed by atoms with Crippen molar-refractivity contribution >= 4 is 17.4 Å². The van der Waals surface area contributed by atoms with Crippen molar-refractivity contribution in [2.45, 2.75) is 19.5 Å². The first-order valence-corrected chi connectivity index (χ1v) is 9.07. The van der Waals surface area contributed by atoms with E-state index in [-0.39, 0.29) is 30.9 Å². The van der Waals surface area contributed by atoms with Crippen LogP contribution in [0.3, 0.4) is 0 Å². The number of carbonyl (C=O) groups excluding carboxylic acids is 1. The fourth-order valence-electron chi connectivity index (χ4n) is 3.49. The molecule has 1 N–H and O–H groups in total. The number of fused-ring (bicyclic) bond motifs is 1. The van der Waals surface area contributed by atoms with Gasteiger partial charge in [0.2, 0.25) is 0 Å². The quantitative estimate of drug-likeness (QED) is 0.637. The van der Waals surface area contributed by atoms with E-state index in [1.54, 1.807) is 16.8 Å². The number of nitrogens with zero attached hydrogens (tertiary/aromatic N) is 4. The second-order valence-electron chi connectivity index (χ2n) is 6.90. The Balaban J connectivity index is 1.68. The molecule has 3 aromatic rings. The Hall–Kier alpha value is -3.36. The highest BCUT2D eigenvalue weighted by Crippen LogP contribution is 2.35. The van der Waals surface area contributed by atoms with E-state index in [0.717, 1.165) is 5.56 Å². The monoisotopic (exact) mass is 383 g/mol. The summed E-state index contributed by atoms with van der Waals surface area (Å²) in [7, 11) is 0. The largest absolute Gasteiger partial charge is 0.491 e. The van der Waals surface area contributed by atoms with Gasteiger partial charge in [0.15, 0.2) is 17.2 Å². The zero-order valence-corrected chi connectivity index (χ0v) is 15.2. The van der Waals surface area contributed by atoms with Crippen LogP contribution in [0.15, 0.2) is 30.6 Å². The van der Waals surface area contributed by atoms with E-state index in [1.165, 1.54) is 18.3 Å². The molecule has 0 saturated carbocycles. The average Bonchev–Trinajstić information content (AvgIpc) is 3.10. The van der Waals surface area contributed by atoms with Gasteiger partial charge in [-0.2, -0.15) is 5.10 Å². The lowest BCUT2D eigenvalue weighted by Crippen LogP contribution is -2.41. The topological polar surface area (TPSA) is 81.0 Å². The van der Waals surface area contributed by atoms with Crippen LogP contribution in [0.2, 0.25) is 0 Å². The fraction of sp³-hybridized carbons (Fsp3) is 0.316. The van der Waals surface area contributed by atoms with Crippen LogP contribution in [0, 0.1) is 5.82 Å². The van der Waals surface area contributed by atoms with E-state index in [1.807, 2.05) is 6.92 Å². The lowest BCUT2D eigenvalue weighted by Gasteiger charge is -2.36. The Morgan fingerprint density at radius 1 is 1.29 bits per heavy atom. The summed E-state index contributed by atoms with van der Waals surface area (Å²) in [6, 6.07) is 4.53. The molecule has 5 rings (SSSR count). The molecule has 2 bridgehead atoms. The van der Waals surface area contributed by atoms with Gasteiger partial charge in [0, 0.05) is 18.2 Å². The number of ether oxygens (including phenoxy) is 2. The van der Waals surface area contributed by atoms with Crippen molar-refractivity contribution < 1.29 is 18.7 Å². The van der Waals surface area contributed by atoms with Crippen molar-refractivity contribution in [3.63, 3.8) is 0 Å². The van der Waals surface area contributed by atoms with Crippen molar-refractivity contribution in [3.8, 4) is 11.5 Å². The van der Waals surface area contributed by atoms with Crippen LogP contribution >= 0.6 is 0 Å². The normalized spacial score (nSPS) is 19.0. The molecule has 9 heteroatoms. The second kappa shape index (κ2) is 6.36. The van der Waals surface area contributed by atoms with Gasteiger partial charge in [0.25, 0.3) is 5.91 Å². The van der Waals surface area contributed by atoms with Gasteiger partial charge in [-0.25, -0.2) is 13.9 Å². The van der Waals surface area contributed by atoms with Gasteiger partial charge in [0.05, 0.1) is 25.0 Å². The molecule has 0 aliphatic carbocycles. The number of carbonyl (C=O) groups is 1. The molecule has 144 valence electrons. The third kappa shape index (κ3) is 2.70. The van der Waals surface area contributed by atoms with Crippen molar-refractivity contribution in [2.75, 3.05) is 24.7 Å². The maximum Gasteiger partial charge on any atom is 0.256 e. The van der Waals surface area contributed by atoms with Crippen molar-refractivity contribution in [2.24, 2.45) is 0 Å². The van der Waals surface area contributed by atoms with Crippen molar-refractivity contribution in [1.29, 1.82) is 0 Å². The smallest absolute Gasteiger partial charge is 0.256 e. The Bertz CT molecular complexity index is 1080. The highest BCUT2D eigenvalue weighted by atomic mass is 19.1. The SMILES string of the molecule is C[C@H]1COc2cn3ncc4c3nc2N1Cc1ccc(F)cc1OCCNC4=O. The summed E-state index contributed by atoms with van der Waals surface area (Å²) in [6.45, 7) is 3.48. The van der Waals surface area contributed by atoms with Crippen LogP contribution in [0.1, 0.15) is 22.8 Å². The molecule has 1 aromatic carbocycles. The maximum absolute atomic E-state index is 13.8. The van der Waals surface area contributed by atoms with Crippen molar-refractivity contribution in [1.82, 2.24) is 19.9 Å². The lowest BCUT2D eigenvalue weighted by molar-refractivity contribution is 0.0948. The zero-order valence-electron chi connectivity index (χ0n) is 15.2. The summed E-state index contributed by atoms with van der Waals surface area (Å²) >= 11 is 0. The summed E-state index contributed by atoms with van der Waals surface area (Å²) in [6.07, 6.45) is 3.22. The highest BCUT2D eigenvalue weighted by Gasteiger charge is 2.29. The minimum atomic E-state index is -0.370. The molecule has 1 atom stereocenters. The van der Waals surface area contributed by atoms with E-state index < -0.39 is 0 Å². The van der Waals surface area contributed by atoms with Crippen molar-refractivity contribution in [3.05, 3.63) is 47.5 Å². The Morgan fingerprint density at radius 3 is 3.07 bits per heavy atom. The lowest BCUT2D eigenvalue weighted by atomic mass is 10.1. The molecule has 4 heterocycles. The van der Waals surface area contributed by atoms with Gasteiger partial charge in [-0.15, -0.1) is 0 Å². The summed E-state index contributed by atoms with van der Waals surface area (Å²) in [5.74, 6) is 1.000. The van der Waals surface area contributed by atoms with E-state index in [2.05, 4.69) is 15.3 Å². The zero-order chi connectivity index (χ0) is 19.3. The molecule has 0 saturated heterocycles. The fourth-order valence-corrected chi connectivity index (χ4v) is 3.49. The molecule has 0 spiro atoms. The molecule has 0 radical (unpaired) electrons. The maximum atomic E-state index is 13.8. The minimum absolute atomic E-state index is 0.0330. The molecule has 2 aliphatic heterocycles. The Labute approximate surface area is 159 Å². The molecule has 0 unspecified atom stereocenters. The third-order valence-corrected chi connectivity index (χ3v) is 4.98. The van der Waals surface area contributed by atoms with Gasteiger partial charge in [0.1, 0.15) is 30.3 Å². The number of hydrogen-bond donors (Lipinski definition) is 1. The summed E-state index contributed by atoms with van der Waals surface area (Å²) in [4.78, 5) is 19.3. The molecule has 0 fully saturated rings. The molecule has 2 aliphatic rings. The number of rotatable bonds is 0. The van der Waals surface area contributed by atoms with Gasteiger partial charge in [-0.05, 0) is 13.0 Å². The number of amides is 1. The number of aromatic nitrogens is 3. The molecule has 28 heavy (non-hydrogen) atoms. The van der Waals surface area contributed by atoms with Crippen LogP contribution in [-0.2, 0) is 6.54 Å². The van der Waals surface area contributed by atoms with Crippen LogP contribution in [-0.4, -0.2) is 46.3 Å². The third-order valence-electron chi connectivity index (χ3n) is 4.98. The Kier molecular flexibility index (Phi) is 3.81. The number of halogens is 1. The van der Waals surface area contributed by atoms with Crippen LogP contribution in [0.5, 0.6) is 11.5 Å². The number of hydrogen-bond acceptors (Lipinski definition) is 6. The summed E-state index contributed by atoms with van der Waals surface area (Å²) < 4.78 is 26.9. The molecule has 8 nitrogen and oxygen atoms in total. The predicted octanol–water partition coefficient (Wildman–Crippen LogP) is 1.78. The van der Waals surface area contributed by atoms with Gasteiger partial charge in [-0.1, -0.05) is 6.07 Å². The second-order valence-corrected chi connectivity index (χ2v) is 6.90. The molecular formula is C19H18FN5O3. The predicted molar refractivity (Wildman–Crippen MR) is 98.4 cm³/mol. The minimum Gasteiger partial charge on any atom is -0.491 e. The van der Waals surface area contributed by atoms with Gasteiger partial charge < -0.3 is 19.7 Å². The summed E-state index contributed by atoms with van der Waals surface area (Å²) in [5, 5.41) is 7.02. The molecule has 1 amide bonds. The number of nitrogens with one attached hydrogen (secondary N) is 1. The van der Waals surface area contributed by atoms with Gasteiger partial charge >= 0.3 is 0 Å². The highest BCUT2D eigenvalue weighted by molar-refractivity contribution is 5.99.